The van der Waals surface area contributed by atoms with Crippen LogP contribution in [0, 0.1) is 0 Å². The summed E-state index contributed by atoms with van der Waals surface area (Å²) >= 11 is 0. The molecule has 1 heterocycles. The van der Waals surface area contributed by atoms with Crippen LogP contribution in [0.1, 0.15) is 46.1 Å². The maximum atomic E-state index is 12.0. The number of nitrogens with zero attached hydrogens (tertiary/aromatic N) is 1. The molecule has 0 bridgehead atoms. The van der Waals surface area contributed by atoms with E-state index in [1.165, 1.54) is 0 Å². The Bertz CT molecular complexity index is 694. The highest BCUT2D eigenvalue weighted by Gasteiger charge is 2.33. The number of alkyl carbamates (subject to hydrolysis) is 1. The molecular formula is C18H26N4O3. The van der Waals surface area contributed by atoms with E-state index >= 15 is 0 Å². The highest BCUT2D eigenvalue weighted by atomic mass is 16.6. The van der Waals surface area contributed by atoms with Crippen LogP contribution in [-0.2, 0) is 16.0 Å². The summed E-state index contributed by atoms with van der Waals surface area (Å²) in [5, 5.41) is 5.08. The topological polar surface area (TPSA) is 106 Å². The van der Waals surface area contributed by atoms with Crippen molar-refractivity contribution in [2.75, 3.05) is 5.73 Å². The monoisotopic (exact) mass is 346 g/mol. The number of benzene rings is 1. The smallest absolute Gasteiger partial charge is 0.414 e. The van der Waals surface area contributed by atoms with Crippen molar-refractivity contribution in [3.05, 3.63) is 29.8 Å². The Hall–Kier alpha value is -2.57. The predicted octanol–water partition coefficient (Wildman–Crippen LogP) is 2.36. The summed E-state index contributed by atoms with van der Waals surface area (Å²) in [4.78, 5) is 28.4. The third-order valence-electron chi connectivity index (χ3n) is 3.70. The summed E-state index contributed by atoms with van der Waals surface area (Å²) < 4.78 is 5.19. The van der Waals surface area contributed by atoms with Gasteiger partial charge in [0.05, 0.1) is 12.0 Å². The van der Waals surface area contributed by atoms with Crippen molar-refractivity contribution in [3.8, 4) is 0 Å². The zero-order chi connectivity index (χ0) is 18.7. The van der Waals surface area contributed by atoms with Gasteiger partial charge in [-0.2, -0.15) is 0 Å². The first-order valence-corrected chi connectivity index (χ1v) is 8.29. The SMILES string of the molecule is CC1(CCc2cccc(N)c2)CC(=O)NC(NC(=O)OC(C)(C)C)=N1. The number of nitrogens with two attached hydrogens (primary N) is 1. The van der Waals surface area contributed by atoms with Gasteiger partial charge in [0, 0.05) is 5.69 Å². The Labute approximate surface area is 148 Å². The number of amides is 2. The number of aliphatic imine (C=N–C) groups is 1. The van der Waals surface area contributed by atoms with Gasteiger partial charge in [0.1, 0.15) is 5.60 Å². The van der Waals surface area contributed by atoms with Gasteiger partial charge in [-0.1, -0.05) is 12.1 Å². The summed E-state index contributed by atoms with van der Waals surface area (Å²) in [6.07, 6.45) is 1.00. The van der Waals surface area contributed by atoms with Gasteiger partial charge in [-0.15, -0.1) is 0 Å². The fourth-order valence-corrected chi connectivity index (χ4v) is 2.63. The van der Waals surface area contributed by atoms with Crippen LogP contribution >= 0.6 is 0 Å². The van der Waals surface area contributed by atoms with E-state index in [1.807, 2.05) is 31.2 Å². The summed E-state index contributed by atoms with van der Waals surface area (Å²) in [6, 6.07) is 7.64. The molecule has 2 rings (SSSR count). The molecule has 0 aliphatic carbocycles. The molecule has 2 amide bonds. The molecule has 0 radical (unpaired) electrons. The zero-order valence-corrected chi connectivity index (χ0v) is 15.2. The third-order valence-corrected chi connectivity index (χ3v) is 3.70. The number of hydrogen-bond acceptors (Lipinski definition) is 5. The largest absolute Gasteiger partial charge is 0.444 e. The van der Waals surface area contributed by atoms with E-state index in [9.17, 15) is 9.59 Å². The third kappa shape index (κ3) is 6.10. The molecule has 1 aromatic carbocycles. The minimum absolute atomic E-state index is 0.126. The second-order valence-corrected chi connectivity index (χ2v) is 7.55. The van der Waals surface area contributed by atoms with Gasteiger partial charge in [0.2, 0.25) is 11.9 Å². The van der Waals surface area contributed by atoms with Crippen LogP contribution in [0.2, 0.25) is 0 Å². The van der Waals surface area contributed by atoms with Crippen LogP contribution in [0.15, 0.2) is 29.3 Å². The molecule has 7 heteroatoms. The number of guanidine groups is 1. The van der Waals surface area contributed by atoms with Gasteiger partial charge < -0.3 is 10.5 Å². The van der Waals surface area contributed by atoms with E-state index in [1.54, 1.807) is 20.8 Å². The van der Waals surface area contributed by atoms with Crippen molar-refractivity contribution in [1.29, 1.82) is 0 Å². The molecule has 0 aromatic heterocycles. The van der Waals surface area contributed by atoms with Crippen LogP contribution in [0.4, 0.5) is 10.5 Å². The van der Waals surface area contributed by atoms with Crippen LogP contribution in [0.25, 0.3) is 0 Å². The first-order chi connectivity index (χ1) is 11.5. The Kier molecular flexibility index (Phi) is 5.35. The molecule has 0 saturated carbocycles. The normalized spacial score (nSPS) is 20.5. The van der Waals surface area contributed by atoms with E-state index in [2.05, 4.69) is 15.6 Å². The van der Waals surface area contributed by atoms with Crippen LogP contribution < -0.4 is 16.4 Å². The van der Waals surface area contributed by atoms with Crippen molar-refractivity contribution in [2.45, 2.75) is 58.1 Å². The Morgan fingerprint density at radius 2 is 2.16 bits per heavy atom. The van der Waals surface area contributed by atoms with Gasteiger partial charge in [0.25, 0.3) is 0 Å². The Morgan fingerprint density at radius 3 is 2.80 bits per heavy atom. The van der Waals surface area contributed by atoms with Gasteiger partial charge in [-0.25, -0.2) is 9.79 Å². The molecule has 0 spiro atoms. The van der Waals surface area contributed by atoms with Crippen LogP contribution in [-0.4, -0.2) is 29.1 Å². The molecule has 4 N–H and O–H groups in total. The van der Waals surface area contributed by atoms with Crippen molar-refractivity contribution in [1.82, 2.24) is 10.6 Å². The van der Waals surface area contributed by atoms with Gasteiger partial charge in [-0.3, -0.25) is 15.4 Å². The number of ether oxygens (including phenoxy) is 1. The summed E-state index contributed by atoms with van der Waals surface area (Å²) in [6.45, 7) is 7.20. The van der Waals surface area contributed by atoms with E-state index in [-0.39, 0.29) is 18.3 Å². The molecule has 1 unspecified atom stereocenters. The number of carbonyl (C=O) groups is 2. The number of carbonyl (C=O) groups excluding carboxylic acids is 2. The second-order valence-electron chi connectivity index (χ2n) is 7.55. The Morgan fingerprint density at radius 1 is 1.44 bits per heavy atom. The van der Waals surface area contributed by atoms with E-state index in [0.717, 1.165) is 12.0 Å². The van der Waals surface area contributed by atoms with Crippen molar-refractivity contribution < 1.29 is 14.3 Å². The summed E-state index contributed by atoms with van der Waals surface area (Å²) in [5.41, 5.74) is 6.37. The minimum Gasteiger partial charge on any atom is -0.444 e. The minimum atomic E-state index is -0.647. The standard InChI is InChI=1S/C18H26N4O3/c1-17(2,3)25-16(24)21-15-20-14(23)11-18(4,22-15)9-8-12-6-5-7-13(19)10-12/h5-7,10H,8-9,11,19H2,1-4H3,(H2,20,21,22,23,24). The average molecular weight is 346 g/mol. The maximum Gasteiger partial charge on any atom is 0.414 e. The molecule has 25 heavy (non-hydrogen) atoms. The Balaban J connectivity index is 2.05. The molecule has 136 valence electrons. The number of aryl methyl sites for hydroxylation is 1. The molecular weight excluding hydrogens is 320 g/mol. The van der Waals surface area contributed by atoms with Gasteiger partial charge in [0.15, 0.2) is 0 Å². The van der Waals surface area contributed by atoms with Crippen LogP contribution in [0.5, 0.6) is 0 Å². The highest BCUT2D eigenvalue weighted by molar-refractivity contribution is 6.05. The molecule has 0 fully saturated rings. The molecule has 1 atom stereocenters. The zero-order valence-electron chi connectivity index (χ0n) is 15.2. The quantitative estimate of drug-likeness (QED) is 0.730. The van der Waals surface area contributed by atoms with Crippen molar-refractivity contribution in [2.24, 2.45) is 4.99 Å². The number of nitrogen functional groups attached to an aromatic ring is 1. The van der Waals surface area contributed by atoms with E-state index in [4.69, 9.17) is 10.5 Å². The molecule has 1 aliphatic rings. The maximum absolute atomic E-state index is 12.0. The first kappa shape index (κ1) is 18.8. The molecule has 1 aromatic rings. The fourth-order valence-electron chi connectivity index (χ4n) is 2.63. The van der Waals surface area contributed by atoms with E-state index < -0.39 is 17.2 Å². The van der Waals surface area contributed by atoms with Crippen molar-refractivity contribution >= 4 is 23.6 Å². The highest BCUT2D eigenvalue weighted by Crippen LogP contribution is 2.25. The lowest BCUT2D eigenvalue weighted by Crippen LogP contribution is -2.52. The van der Waals surface area contributed by atoms with Crippen LogP contribution in [0.3, 0.4) is 0 Å². The molecule has 0 saturated heterocycles. The first-order valence-electron chi connectivity index (χ1n) is 8.29. The predicted molar refractivity (Wildman–Crippen MR) is 97.1 cm³/mol. The van der Waals surface area contributed by atoms with Gasteiger partial charge >= 0.3 is 6.09 Å². The van der Waals surface area contributed by atoms with Crippen molar-refractivity contribution in [3.63, 3.8) is 0 Å². The lowest BCUT2D eigenvalue weighted by Gasteiger charge is -2.30. The van der Waals surface area contributed by atoms with E-state index in [0.29, 0.717) is 12.1 Å². The fraction of sp³-hybridized carbons (Fsp3) is 0.500. The lowest BCUT2D eigenvalue weighted by atomic mass is 9.89. The number of nitrogens with one attached hydrogen (secondary N) is 2. The number of anilines is 1. The summed E-state index contributed by atoms with van der Waals surface area (Å²) in [5.74, 6) is -0.0586. The summed E-state index contributed by atoms with van der Waals surface area (Å²) in [7, 11) is 0. The second kappa shape index (κ2) is 7.13. The lowest BCUT2D eigenvalue weighted by molar-refractivity contribution is -0.121. The number of hydrogen-bond donors (Lipinski definition) is 3. The molecule has 7 nitrogen and oxygen atoms in total. The van der Waals surface area contributed by atoms with Gasteiger partial charge in [-0.05, 0) is 58.2 Å². The number of rotatable bonds is 3. The molecule has 1 aliphatic heterocycles. The average Bonchev–Trinajstić information content (AvgIpc) is 2.42.